The molecule has 4 rings (SSSR count). The molecule has 0 aromatic heterocycles. The number of nitrogens with one attached hydrogen (secondary N) is 3. The smallest absolute Gasteiger partial charge is 0.319 e. The number of aryl methyl sites for hydroxylation is 1. The largest absolute Gasteiger partial charge is 0.334 e. The Kier molecular flexibility index (Phi) is 5.41. The number of halogens is 1. The number of carbonyl (C=O) groups is 4. The van der Waals surface area contributed by atoms with E-state index in [-0.39, 0.29) is 30.5 Å². The number of amides is 5. The average molecular weight is 424 g/mol. The predicted molar refractivity (Wildman–Crippen MR) is 109 cm³/mol. The maximum absolute atomic E-state index is 13.8. The van der Waals surface area contributed by atoms with E-state index < -0.39 is 23.8 Å². The van der Waals surface area contributed by atoms with Crippen LogP contribution in [0, 0.1) is 12.7 Å². The van der Waals surface area contributed by atoms with Crippen LogP contribution < -0.4 is 16.0 Å². The number of urea groups is 1. The van der Waals surface area contributed by atoms with Crippen molar-refractivity contribution in [3.8, 4) is 0 Å². The maximum Gasteiger partial charge on any atom is 0.319 e. The number of rotatable bonds is 4. The van der Waals surface area contributed by atoms with Crippen LogP contribution >= 0.6 is 0 Å². The molecule has 0 spiro atoms. The highest BCUT2D eigenvalue weighted by molar-refractivity contribution is 6.05. The third kappa shape index (κ3) is 4.25. The fourth-order valence-electron chi connectivity index (χ4n) is 3.80. The van der Waals surface area contributed by atoms with E-state index in [2.05, 4.69) is 16.0 Å². The Morgan fingerprint density at radius 1 is 1.19 bits per heavy atom. The van der Waals surface area contributed by atoms with Gasteiger partial charge in [0.15, 0.2) is 0 Å². The molecule has 9 heteroatoms. The highest BCUT2D eigenvalue weighted by atomic mass is 19.1. The minimum Gasteiger partial charge on any atom is -0.334 e. The Hall–Kier alpha value is -3.75. The number of benzene rings is 2. The summed E-state index contributed by atoms with van der Waals surface area (Å²) in [5.41, 5.74) is 2.84. The van der Waals surface area contributed by atoms with E-state index in [1.165, 1.54) is 17.0 Å². The molecule has 1 unspecified atom stereocenters. The van der Waals surface area contributed by atoms with Crippen molar-refractivity contribution in [1.82, 2.24) is 15.5 Å². The van der Waals surface area contributed by atoms with Gasteiger partial charge in [-0.2, -0.15) is 0 Å². The van der Waals surface area contributed by atoms with Gasteiger partial charge in [0.25, 0.3) is 5.91 Å². The van der Waals surface area contributed by atoms with Crippen molar-refractivity contribution in [1.29, 1.82) is 0 Å². The monoisotopic (exact) mass is 424 g/mol. The Labute approximate surface area is 177 Å². The maximum atomic E-state index is 13.8. The average Bonchev–Trinajstić information content (AvgIpc) is 3.05. The van der Waals surface area contributed by atoms with E-state index in [4.69, 9.17) is 0 Å². The molecule has 2 aliphatic heterocycles. The number of hydrogen-bond acceptors (Lipinski definition) is 4. The highest BCUT2D eigenvalue weighted by Crippen LogP contribution is 2.28. The number of imide groups is 1. The van der Waals surface area contributed by atoms with Gasteiger partial charge in [-0.3, -0.25) is 19.7 Å². The van der Waals surface area contributed by atoms with Crippen molar-refractivity contribution in [3.63, 3.8) is 0 Å². The first-order valence-electron chi connectivity index (χ1n) is 9.89. The van der Waals surface area contributed by atoms with Gasteiger partial charge in [0.05, 0.1) is 5.69 Å². The zero-order valence-corrected chi connectivity index (χ0v) is 16.8. The molecular weight excluding hydrogens is 403 g/mol. The van der Waals surface area contributed by atoms with Crippen LogP contribution in [0.2, 0.25) is 0 Å². The SMILES string of the molecule is Cc1ccc(F)c(NC(=O)NCc2ccc3c(c2)C(=O)N(C2CCC(=O)NC2=O)C3)c1. The molecule has 3 N–H and O–H groups in total. The molecule has 0 radical (unpaired) electrons. The lowest BCUT2D eigenvalue weighted by molar-refractivity contribution is -0.136. The molecular formula is C22H21FN4O4. The van der Waals surface area contributed by atoms with Crippen molar-refractivity contribution in [2.75, 3.05) is 5.32 Å². The standard InChI is InChI=1S/C22H21FN4O4/c1-12-2-5-16(23)17(8-12)25-22(31)24-10-13-3-4-14-11-27(21(30)15(14)9-13)18-6-7-19(28)26-20(18)29/h2-5,8-9,18H,6-7,10-11H2,1H3,(H2,24,25,31)(H,26,28,29). The molecule has 2 aromatic rings. The van der Waals surface area contributed by atoms with Gasteiger partial charge in [0, 0.05) is 25.1 Å². The van der Waals surface area contributed by atoms with Crippen LogP contribution in [0.1, 0.15) is 39.9 Å². The lowest BCUT2D eigenvalue weighted by Crippen LogP contribution is -2.52. The predicted octanol–water partition coefficient (Wildman–Crippen LogP) is 2.22. The number of hydrogen-bond donors (Lipinski definition) is 3. The molecule has 31 heavy (non-hydrogen) atoms. The summed E-state index contributed by atoms with van der Waals surface area (Å²) in [5, 5.41) is 7.38. The third-order valence-corrected chi connectivity index (χ3v) is 5.42. The zero-order chi connectivity index (χ0) is 22.1. The van der Waals surface area contributed by atoms with Gasteiger partial charge in [-0.15, -0.1) is 0 Å². The minimum atomic E-state index is -0.672. The molecule has 8 nitrogen and oxygen atoms in total. The molecule has 2 aromatic carbocycles. The Bertz CT molecular complexity index is 1100. The summed E-state index contributed by atoms with van der Waals surface area (Å²) in [5.74, 6) is -1.60. The summed E-state index contributed by atoms with van der Waals surface area (Å²) >= 11 is 0. The van der Waals surface area contributed by atoms with Crippen molar-refractivity contribution >= 4 is 29.4 Å². The van der Waals surface area contributed by atoms with Crippen LogP contribution in [0.25, 0.3) is 0 Å². The number of piperidine rings is 1. The van der Waals surface area contributed by atoms with Crippen molar-refractivity contribution in [2.24, 2.45) is 0 Å². The fourth-order valence-corrected chi connectivity index (χ4v) is 3.80. The molecule has 1 saturated heterocycles. The molecule has 0 saturated carbocycles. The molecule has 0 bridgehead atoms. The molecule has 2 aliphatic rings. The lowest BCUT2D eigenvalue weighted by atomic mass is 10.0. The van der Waals surface area contributed by atoms with E-state index >= 15 is 0 Å². The van der Waals surface area contributed by atoms with Crippen LogP contribution in [-0.2, 0) is 22.7 Å². The van der Waals surface area contributed by atoms with E-state index in [0.717, 1.165) is 11.1 Å². The summed E-state index contributed by atoms with van der Waals surface area (Å²) in [6.45, 7) is 2.22. The first kappa shape index (κ1) is 20.5. The summed E-state index contributed by atoms with van der Waals surface area (Å²) < 4.78 is 13.8. The summed E-state index contributed by atoms with van der Waals surface area (Å²) in [7, 11) is 0. The molecule has 5 amide bonds. The Morgan fingerprint density at radius 2 is 2.00 bits per heavy atom. The van der Waals surface area contributed by atoms with E-state index in [9.17, 15) is 23.6 Å². The van der Waals surface area contributed by atoms with Crippen LogP contribution in [-0.4, -0.2) is 34.7 Å². The summed E-state index contributed by atoms with van der Waals surface area (Å²) in [6.07, 6.45) is 0.497. The number of fused-ring (bicyclic) bond motifs is 1. The van der Waals surface area contributed by atoms with Crippen LogP contribution in [0.4, 0.5) is 14.9 Å². The first-order chi connectivity index (χ1) is 14.8. The second-order valence-corrected chi connectivity index (χ2v) is 7.68. The molecule has 160 valence electrons. The van der Waals surface area contributed by atoms with E-state index in [1.807, 2.05) is 0 Å². The van der Waals surface area contributed by atoms with E-state index in [0.29, 0.717) is 24.1 Å². The first-order valence-corrected chi connectivity index (χ1v) is 9.89. The van der Waals surface area contributed by atoms with Gasteiger partial charge < -0.3 is 15.5 Å². The number of anilines is 1. The van der Waals surface area contributed by atoms with Crippen LogP contribution in [0.5, 0.6) is 0 Å². The Balaban J connectivity index is 1.40. The van der Waals surface area contributed by atoms with Crippen molar-refractivity contribution < 1.29 is 23.6 Å². The van der Waals surface area contributed by atoms with Gasteiger partial charge in [0.2, 0.25) is 11.8 Å². The van der Waals surface area contributed by atoms with Gasteiger partial charge in [-0.1, -0.05) is 18.2 Å². The minimum absolute atomic E-state index is 0.0847. The number of nitrogens with zero attached hydrogens (tertiary/aromatic N) is 1. The molecule has 2 heterocycles. The lowest BCUT2D eigenvalue weighted by Gasteiger charge is -2.29. The molecule has 1 fully saturated rings. The van der Waals surface area contributed by atoms with E-state index in [1.54, 1.807) is 31.2 Å². The van der Waals surface area contributed by atoms with Crippen LogP contribution in [0.15, 0.2) is 36.4 Å². The van der Waals surface area contributed by atoms with Gasteiger partial charge in [0.1, 0.15) is 11.9 Å². The third-order valence-electron chi connectivity index (χ3n) is 5.42. The Morgan fingerprint density at radius 3 is 2.77 bits per heavy atom. The summed E-state index contributed by atoms with van der Waals surface area (Å²) in [4.78, 5) is 49.9. The van der Waals surface area contributed by atoms with Crippen LogP contribution in [0.3, 0.4) is 0 Å². The normalized spacial score (nSPS) is 17.9. The number of carbonyl (C=O) groups excluding carboxylic acids is 4. The van der Waals surface area contributed by atoms with Crippen molar-refractivity contribution in [3.05, 3.63) is 64.5 Å². The zero-order valence-electron chi connectivity index (χ0n) is 16.8. The fraction of sp³-hybridized carbons (Fsp3) is 0.273. The van der Waals surface area contributed by atoms with Crippen molar-refractivity contribution in [2.45, 2.75) is 38.9 Å². The summed E-state index contributed by atoms with van der Waals surface area (Å²) in [6, 6.07) is 8.44. The van der Waals surface area contributed by atoms with Gasteiger partial charge in [-0.25, -0.2) is 9.18 Å². The topological polar surface area (TPSA) is 108 Å². The highest BCUT2D eigenvalue weighted by Gasteiger charge is 2.39. The second kappa shape index (κ2) is 8.17. The quantitative estimate of drug-likeness (QED) is 0.654. The molecule has 1 atom stereocenters. The van der Waals surface area contributed by atoms with Gasteiger partial charge >= 0.3 is 6.03 Å². The second-order valence-electron chi connectivity index (χ2n) is 7.68. The molecule has 0 aliphatic carbocycles. The van der Waals surface area contributed by atoms with Gasteiger partial charge in [-0.05, 0) is 48.2 Å².